The Bertz CT molecular complexity index is 613. The summed E-state index contributed by atoms with van der Waals surface area (Å²) in [6.07, 6.45) is 2.00. The fourth-order valence-corrected chi connectivity index (χ4v) is 4.78. The highest BCUT2D eigenvalue weighted by Gasteiger charge is 2.48. The van der Waals surface area contributed by atoms with Gasteiger partial charge in [0.05, 0.1) is 15.2 Å². The van der Waals surface area contributed by atoms with E-state index in [1.54, 1.807) is 0 Å². The minimum Gasteiger partial charge on any atom is -0.480 e. The monoisotopic (exact) mass is 328 g/mol. The maximum atomic E-state index is 12.6. The van der Waals surface area contributed by atoms with Crippen molar-refractivity contribution < 1.29 is 19.6 Å². The first-order valence-electron chi connectivity index (χ1n) is 6.40. The number of amides is 1. The molecule has 2 aliphatic rings. The molecule has 112 valence electrons. The van der Waals surface area contributed by atoms with Crippen LogP contribution in [-0.4, -0.2) is 44.0 Å². The van der Waals surface area contributed by atoms with Gasteiger partial charge in [-0.2, -0.15) is 0 Å². The van der Waals surface area contributed by atoms with Crippen molar-refractivity contribution in [3.8, 4) is 0 Å². The summed E-state index contributed by atoms with van der Waals surface area (Å²) < 4.78 is 0. The van der Waals surface area contributed by atoms with Crippen molar-refractivity contribution in [2.45, 2.75) is 24.3 Å². The van der Waals surface area contributed by atoms with E-state index in [0.717, 1.165) is 24.2 Å². The number of thiophene rings is 1. The molecular formula is C12H12N2O5S2. The molecule has 1 aromatic heterocycles. The van der Waals surface area contributed by atoms with Crippen molar-refractivity contribution in [2.24, 2.45) is 5.92 Å². The summed E-state index contributed by atoms with van der Waals surface area (Å²) in [7, 11) is 0. The largest absolute Gasteiger partial charge is 0.480 e. The Morgan fingerprint density at radius 1 is 1.38 bits per heavy atom. The first-order chi connectivity index (χ1) is 9.99. The van der Waals surface area contributed by atoms with Gasteiger partial charge < -0.3 is 10.0 Å². The van der Waals surface area contributed by atoms with Crippen molar-refractivity contribution in [3.63, 3.8) is 0 Å². The zero-order valence-corrected chi connectivity index (χ0v) is 12.4. The van der Waals surface area contributed by atoms with Gasteiger partial charge in [0.15, 0.2) is 0 Å². The van der Waals surface area contributed by atoms with Crippen LogP contribution in [0.2, 0.25) is 0 Å². The summed E-state index contributed by atoms with van der Waals surface area (Å²) >= 11 is 2.28. The standard InChI is InChI=1S/C12H12N2O5S2/c15-10(8-3-4-9(21-8)14(18)19)13-7(12(16)17)5-20-11(13)6-1-2-6/h3-4,6-7,11H,1-2,5H2,(H,16,17). The molecule has 2 unspecified atom stereocenters. The Morgan fingerprint density at radius 2 is 2.10 bits per heavy atom. The third-order valence-corrected chi connectivity index (χ3v) is 6.05. The van der Waals surface area contributed by atoms with Gasteiger partial charge in [-0.3, -0.25) is 14.9 Å². The average Bonchev–Trinajstić information content (AvgIpc) is 3.01. The maximum Gasteiger partial charge on any atom is 0.327 e. The topological polar surface area (TPSA) is 101 Å². The second kappa shape index (κ2) is 5.30. The first kappa shape index (κ1) is 14.3. The van der Waals surface area contributed by atoms with Gasteiger partial charge in [-0.15, -0.1) is 11.8 Å². The average molecular weight is 328 g/mol. The summed E-state index contributed by atoms with van der Waals surface area (Å²) in [4.78, 5) is 35.7. The number of hydrogen-bond acceptors (Lipinski definition) is 6. The molecule has 1 saturated carbocycles. The molecule has 0 radical (unpaired) electrons. The van der Waals surface area contributed by atoms with Crippen LogP contribution in [0.25, 0.3) is 0 Å². The number of carboxylic acids is 1. The number of thioether (sulfide) groups is 1. The minimum atomic E-state index is -1.02. The first-order valence-corrected chi connectivity index (χ1v) is 8.27. The summed E-state index contributed by atoms with van der Waals surface area (Å²) in [5, 5.41) is 19.8. The van der Waals surface area contributed by atoms with Crippen molar-refractivity contribution in [1.82, 2.24) is 4.90 Å². The highest BCUT2D eigenvalue weighted by molar-refractivity contribution is 8.00. The Morgan fingerprint density at radius 3 is 2.62 bits per heavy atom. The summed E-state index contributed by atoms with van der Waals surface area (Å²) in [6, 6.07) is 1.83. The molecule has 21 heavy (non-hydrogen) atoms. The molecule has 3 rings (SSSR count). The van der Waals surface area contributed by atoms with Gasteiger partial charge >= 0.3 is 11.0 Å². The zero-order chi connectivity index (χ0) is 15.1. The van der Waals surface area contributed by atoms with E-state index in [-0.39, 0.29) is 15.3 Å². The van der Waals surface area contributed by atoms with Crippen LogP contribution in [0.5, 0.6) is 0 Å². The molecule has 2 fully saturated rings. The maximum absolute atomic E-state index is 12.6. The van der Waals surface area contributed by atoms with Gasteiger partial charge in [-0.25, -0.2) is 4.79 Å². The van der Waals surface area contributed by atoms with E-state index >= 15 is 0 Å². The Kier molecular flexibility index (Phi) is 3.62. The van der Waals surface area contributed by atoms with Crippen LogP contribution in [-0.2, 0) is 4.79 Å². The summed E-state index contributed by atoms with van der Waals surface area (Å²) in [5.74, 6) is -0.721. The lowest BCUT2D eigenvalue weighted by Gasteiger charge is -2.26. The predicted octanol–water partition coefficient (Wildman–Crippen LogP) is 2.03. The van der Waals surface area contributed by atoms with E-state index in [0.29, 0.717) is 11.7 Å². The number of rotatable bonds is 4. The van der Waals surface area contributed by atoms with Crippen LogP contribution in [0, 0.1) is 16.0 Å². The number of nitrogens with zero attached hydrogens (tertiary/aromatic N) is 2. The lowest BCUT2D eigenvalue weighted by atomic mass is 10.2. The normalized spacial score (nSPS) is 25.0. The molecule has 2 atom stereocenters. The molecule has 7 nitrogen and oxygen atoms in total. The molecule has 0 aromatic carbocycles. The summed E-state index contributed by atoms with van der Waals surface area (Å²) in [6.45, 7) is 0. The fraction of sp³-hybridized carbons (Fsp3) is 0.500. The zero-order valence-electron chi connectivity index (χ0n) is 10.8. The molecule has 1 aromatic rings. The second-order valence-corrected chi connectivity index (χ2v) is 7.23. The Balaban J connectivity index is 1.88. The van der Waals surface area contributed by atoms with Crippen molar-refractivity contribution in [1.29, 1.82) is 0 Å². The molecule has 1 aliphatic heterocycles. The number of carbonyl (C=O) groups is 2. The van der Waals surface area contributed by atoms with Gasteiger partial charge in [0.2, 0.25) is 0 Å². The number of carbonyl (C=O) groups excluding carboxylic acids is 1. The van der Waals surface area contributed by atoms with E-state index in [9.17, 15) is 24.8 Å². The van der Waals surface area contributed by atoms with Gasteiger partial charge in [-0.1, -0.05) is 11.3 Å². The molecule has 1 N–H and O–H groups in total. The highest BCUT2D eigenvalue weighted by Crippen LogP contribution is 2.46. The van der Waals surface area contributed by atoms with Gasteiger partial charge in [0, 0.05) is 11.8 Å². The molecule has 2 heterocycles. The summed E-state index contributed by atoms with van der Waals surface area (Å²) in [5.41, 5.74) is 0. The number of hydrogen-bond donors (Lipinski definition) is 1. The van der Waals surface area contributed by atoms with E-state index in [1.165, 1.54) is 28.8 Å². The number of nitro groups is 1. The van der Waals surface area contributed by atoms with E-state index in [1.807, 2.05) is 0 Å². The van der Waals surface area contributed by atoms with E-state index < -0.39 is 22.8 Å². The number of aliphatic carboxylic acids is 1. The SMILES string of the molecule is O=C(O)C1CSC(C2CC2)N1C(=O)c1ccc([N+](=O)[O-])s1. The predicted molar refractivity (Wildman–Crippen MR) is 77.5 cm³/mol. The fourth-order valence-electron chi connectivity index (χ4n) is 2.39. The van der Waals surface area contributed by atoms with Gasteiger partial charge in [0.25, 0.3) is 5.91 Å². The van der Waals surface area contributed by atoms with Crippen LogP contribution in [0.15, 0.2) is 12.1 Å². The molecule has 0 spiro atoms. The Labute approximate surface area is 128 Å². The van der Waals surface area contributed by atoms with Crippen LogP contribution >= 0.6 is 23.1 Å². The lowest BCUT2D eigenvalue weighted by Crippen LogP contribution is -2.46. The van der Waals surface area contributed by atoms with Crippen molar-refractivity contribution >= 4 is 40.0 Å². The third kappa shape index (κ3) is 2.62. The number of carboxylic acid groups (broad SMARTS) is 1. The van der Waals surface area contributed by atoms with E-state index in [4.69, 9.17) is 0 Å². The van der Waals surface area contributed by atoms with Crippen LogP contribution in [0.3, 0.4) is 0 Å². The van der Waals surface area contributed by atoms with Gasteiger partial charge in [-0.05, 0) is 24.8 Å². The quantitative estimate of drug-likeness (QED) is 0.670. The Hall–Kier alpha value is -1.61. The molecule has 9 heteroatoms. The van der Waals surface area contributed by atoms with Crippen molar-refractivity contribution in [2.75, 3.05) is 5.75 Å². The lowest BCUT2D eigenvalue weighted by molar-refractivity contribution is -0.380. The molecule has 1 saturated heterocycles. The van der Waals surface area contributed by atoms with Crippen LogP contribution in [0.1, 0.15) is 22.5 Å². The molecular weight excluding hydrogens is 316 g/mol. The smallest absolute Gasteiger partial charge is 0.327 e. The second-order valence-electron chi connectivity index (χ2n) is 5.02. The molecule has 1 aliphatic carbocycles. The minimum absolute atomic E-state index is 0.111. The molecule has 0 bridgehead atoms. The van der Waals surface area contributed by atoms with Gasteiger partial charge in [0.1, 0.15) is 6.04 Å². The third-order valence-electron chi connectivity index (χ3n) is 3.56. The van der Waals surface area contributed by atoms with Crippen LogP contribution < -0.4 is 0 Å². The van der Waals surface area contributed by atoms with Crippen LogP contribution in [0.4, 0.5) is 5.00 Å². The van der Waals surface area contributed by atoms with E-state index in [2.05, 4.69) is 0 Å². The van der Waals surface area contributed by atoms with Crippen molar-refractivity contribution in [3.05, 3.63) is 27.1 Å². The molecule has 1 amide bonds. The highest BCUT2D eigenvalue weighted by atomic mass is 32.2.